The van der Waals surface area contributed by atoms with E-state index in [9.17, 15) is 0 Å². The minimum atomic E-state index is 0.580. The molecule has 1 fully saturated rings. The number of ether oxygens (including phenoxy) is 1. The first-order chi connectivity index (χ1) is 10.2. The Kier molecular flexibility index (Phi) is 4.31. The van der Waals surface area contributed by atoms with E-state index in [0.717, 1.165) is 41.1 Å². The number of H-pyrrole nitrogens is 1. The zero-order valence-electron chi connectivity index (χ0n) is 12.8. The lowest BCUT2D eigenvalue weighted by molar-refractivity contribution is 0.283. The van der Waals surface area contributed by atoms with Crippen molar-refractivity contribution in [1.82, 2.24) is 14.5 Å². The molecule has 1 aliphatic heterocycles. The van der Waals surface area contributed by atoms with Crippen LogP contribution in [0.15, 0.2) is 18.2 Å². The van der Waals surface area contributed by atoms with Crippen LogP contribution < -0.4 is 4.74 Å². The SMILES string of the molecule is CCCOc1cccc2c1[nH]c(=S)n2CC1CCCN1C. The Morgan fingerprint density at radius 2 is 2.29 bits per heavy atom. The van der Waals surface area contributed by atoms with E-state index in [2.05, 4.69) is 34.5 Å². The molecule has 1 aliphatic rings. The van der Waals surface area contributed by atoms with Crippen LogP contribution in [0.4, 0.5) is 0 Å². The second kappa shape index (κ2) is 6.20. The molecule has 5 heteroatoms. The average molecular weight is 305 g/mol. The number of benzene rings is 1. The third-order valence-electron chi connectivity index (χ3n) is 4.30. The van der Waals surface area contributed by atoms with Gasteiger partial charge in [0.2, 0.25) is 0 Å². The van der Waals surface area contributed by atoms with Gasteiger partial charge in [-0.15, -0.1) is 0 Å². The maximum Gasteiger partial charge on any atom is 0.178 e. The number of imidazole rings is 1. The summed E-state index contributed by atoms with van der Waals surface area (Å²) in [5, 5.41) is 0. The molecule has 4 nitrogen and oxygen atoms in total. The summed E-state index contributed by atoms with van der Waals surface area (Å²) in [5.74, 6) is 0.902. The van der Waals surface area contributed by atoms with Gasteiger partial charge in [0.15, 0.2) is 4.77 Å². The average Bonchev–Trinajstić information content (AvgIpc) is 3.02. The fraction of sp³-hybridized carbons (Fsp3) is 0.562. The topological polar surface area (TPSA) is 33.2 Å². The fourth-order valence-electron chi connectivity index (χ4n) is 3.09. The number of aromatic amines is 1. The molecule has 1 saturated heterocycles. The summed E-state index contributed by atoms with van der Waals surface area (Å²) in [4.78, 5) is 5.76. The highest BCUT2D eigenvalue weighted by molar-refractivity contribution is 7.71. The van der Waals surface area contributed by atoms with Gasteiger partial charge in [0.1, 0.15) is 11.3 Å². The van der Waals surface area contributed by atoms with Crippen LogP contribution in [-0.2, 0) is 6.54 Å². The van der Waals surface area contributed by atoms with Crippen molar-refractivity contribution in [1.29, 1.82) is 0 Å². The molecule has 1 N–H and O–H groups in total. The Morgan fingerprint density at radius 1 is 1.43 bits per heavy atom. The molecule has 21 heavy (non-hydrogen) atoms. The molecular weight excluding hydrogens is 282 g/mol. The fourth-order valence-corrected chi connectivity index (χ4v) is 3.36. The van der Waals surface area contributed by atoms with Crippen molar-refractivity contribution in [3.05, 3.63) is 23.0 Å². The maximum atomic E-state index is 5.83. The van der Waals surface area contributed by atoms with Crippen molar-refractivity contribution in [2.24, 2.45) is 0 Å². The number of aromatic nitrogens is 2. The molecule has 2 heterocycles. The zero-order chi connectivity index (χ0) is 14.8. The minimum Gasteiger partial charge on any atom is -0.491 e. The second-order valence-corrected chi connectivity index (χ2v) is 6.20. The summed E-state index contributed by atoms with van der Waals surface area (Å²) in [7, 11) is 2.20. The molecule has 0 radical (unpaired) electrons. The molecule has 114 valence electrons. The number of para-hydroxylation sites is 1. The highest BCUT2D eigenvalue weighted by Gasteiger charge is 2.22. The number of hydrogen-bond acceptors (Lipinski definition) is 3. The van der Waals surface area contributed by atoms with Crippen LogP contribution >= 0.6 is 12.2 Å². The summed E-state index contributed by atoms with van der Waals surface area (Å²) >= 11 is 5.53. The van der Waals surface area contributed by atoms with Gasteiger partial charge in [-0.05, 0) is 57.2 Å². The highest BCUT2D eigenvalue weighted by atomic mass is 32.1. The summed E-state index contributed by atoms with van der Waals surface area (Å²) in [5.41, 5.74) is 2.17. The Hall–Kier alpha value is -1.33. The molecular formula is C16H23N3OS. The molecule has 2 aromatic rings. The van der Waals surface area contributed by atoms with Crippen molar-refractivity contribution in [2.45, 2.75) is 38.8 Å². The Labute approximate surface area is 130 Å². The van der Waals surface area contributed by atoms with E-state index in [-0.39, 0.29) is 0 Å². The lowest BCUT2D eigenvalue weighted by atomic mass is 10.2. The normalized spacial score (nSPS) is 19.4. The van der Waals surface area contributed by atoms with E-state index in [4.69, 9.17) is 17.0 Å². The number of nitrogens with one attached hydrogen (secondary N) is 1. The number of fused-ring (bicyclic) bond motifs is 1. The molecule has 0 bridgehead atoms. The van der Waals surface area contributed by atoms with Gasteiger partial charge in [0.25, 0.3) is 0 Å². The Bertz CT molecular complexity index is 676. The van der Waals surface area contributed by atoms with Gasteiger partial charge in [0.05, 0.1) is 12.1 Å². The lowest BCUT2D eigenvalue weighted by Gasteiger charge is -2.20. The molecule has 0 aliphatic carbocycles. The van der Waals surface area contributed by atoms with Crippen LogP contribution in [-0.4, -0.2) is 40.7 Å². The number of hydrogen-bond donors (Lipinski definition) is 1. The third kappa shape index (κ3) is 2.85. The predicted octanol–water partition coefficient (Wildman–Crippen LogP) is 3.58. The second-order valence-electron chi connectivity index (χ2n) is 5.82. The number of rotatable bonds is 5. The third-order valence-corrected chi connectivity index (χ3v) is 4.62. The van der Waals surface area contributed by atoms with Gasteiger partial charge in [-0.1, -0.05) is 13.0 Å². The van der Waals surface area contributed by atoms with Crippen molar-refractivity contribution in [2.75, 3.05) is 20.2 Å². The summed E-state index contributed by atoms with van der Waals surface area (Å²) in [6.45, 7) is 4.98. The van der Waals surface area contributed by atoms with Crippen molar-refractivity contribution in [3.8, 4) is 5.75 Å². The maximum absolute atomic E-state index is 5.83. The molecule has 3 rings (SSSR count). The first-order valence-electron chi connectivity index (χ1n) is 7.75. The van der Waals surface area contributed by atoms with E-state index in [0.29, 0.717) is 6.04 Å². The molecule has 0 amide bonds. The highest BCUT2D eigenvalue weighted by Crippen LogP contribution is 2.26. The summed E-state index contributed by atoms with van der Waals surface area (Å²) in [6.07, 6.45) is 3.53. The van der Waals surface area contributed by atoms with Gasteiger partial charge in [-0.3, -0.25) is 0 Å². The molecule has 1 atom stereocenters. The van der Waals surface area contributed by atoms with E-state index in [1.807, 2.05) is 12.1 Å². The first-order valence-corrected chi connectivity index (χ1v) is 8.16. The Morgan fingerprint density at radius 3 is 3.00 bits per heavy atom. The van der Waals surface area contributed by atoms with Crippen molar-refractivity contribution >= 4 is 23.3 Å². The number of likely N-dealkylation sites (tertiary alicyclic amines) is 1. The van der Waals surface area contributed by atoms with Gasteiger partial charge in [0, 0.05) is 12.6 Å². The predicted molar refractivity (Wildman–Crippen MR) is 88.6 cm³/mol. The van der Waals surface area contributed by atoms with Crippen LogP contribution in [0.5, 0.6) is 5.75 Å². The van der Waals surface area contributed by atoms with Gasteiger partial charge in [-0.2, -0.15) is 0 Å². The zero-order valence-corrected chi connectivity index (χ0v) is 13.6. The van der Waals surface area contributed by atoms with Gasteiger partial charge >= 0.3 is 0 Å². The number of nitrogens with zero attached hydrogens (tertiary/aromatic N) is 2. The van der Waals surface area contributed by atoms with Gasteiger partial charge in [-0.25, -0.2) is 0 Å². The standard InChI is InChI=1S/C16H23N3OS/c1-3-10-20-14-8-4-7-13-15(14)17-16(21)19(13)11-12-6-5-9-18(12)2/h4,7-8,12H,3,5-6,9-11H2,1-2H3,(H,17,21). The van der Waals surface area contributed by atoms with Crippen molar-refractivity contribution in [3.63, 3.8) is 0 Å². The molecule has 1 aromatic carbocycles. The molecule has 0 saturated carbocycles. The quantitative estimate of drug-likeness (QED) is 0.857. The van der Waals surface area contributed by atoms with Crippen LogP contribution in [0.1, 0.15) is 26.2 Å². The Balaban J connectivity index is 1.95. The largest absolute Gasteiger partial charge is 0.491 e. The molecule has 1 aromatic heterocycles. The molecule has 1 unspecified atom stereocenters. The van der Waals surface area contributed by atoms with E-state index >= 15 is 0 Å². The van der Waals surface area contributed by atoms with Crippen LogP contribution in [0.3, 0.4) is 0 Å². The van der Waals surface area contributed by atoms with Crippen LogP contribution in [0.2, 0.25) is 0 Å². The van der Waals surface area contributed by atoms with E-state index in [1.165, 1.54) is 19.4 Å². The first kappa shape index (κ1) is 14.6. The van der Waals surface area contributed by atoms with Crippen LogP contribution in [0, 0.1) is 4.77 Å². The molecule has 0 spiro atoms. The minimum absolute atomic E-state index is 0.580. The monoisotopic (exact) mass is 305 g/mol. The van der Waals surface area contributed by atoms with Crippen LogP contribution in [0.25, 0.3) is 11.0 Å². The van der Waals surface area contributed by atoms with E-state index in [1.54, 1.807) is 0 Å². The smallest absolute Gasteiger partial charge is 0.178 e. The summed E-state index contributed by atoms with van der Waals surface area (Å²) in [6, 6.07) is 6.76. The summed E-state index contributed by atoms with van der Waals surface area (Å²) < 4.78 is 8.83. The lowest BCUT2D eigenvalue weighted by Crippen LogP contribution is -2.29. The van der Waals surface area contributed by atoms with E-state index < -0.39 is 0 Å². The van der Waals surface area contributed by atoms with Crippen molar-refractivity contribution < 1.29 is 4.74 Å². The van der Waals surface area contributed by atoms with Gasteiger partial charge < -0.3 is 19.2 Å². The number of likely N-dealkylation sites (N-methyl/N-ethyl adjacent to an activating group) is 1.